The highest BCUT2D eigenvalue weighted by Gasteiger charge is 2.41. The predicted octanol–water partition coefficient (Wildman–Crippen LogP) is 3.53. The van der Waals surface area contributed by atoms with Crippen LogP contribution in [0.25, 0.3) is 0 Å². The number of benzene rings is 1. The van der Waals surface area contributed by atoms with Crippen LogP contribution in [0, 0.1) is 12.8 Å². The van der Waals surface area contributed by atoms with Gasteiger partial charge in [0.05, 0.1) is 14.2 Å². The number of rotatable bonds is 5. The molecule has 0 spiro atoms. The monoisotopic (exact) mass is 409 g/mol. The summed E-state index contributed by atoms with van der Waals surface area (Å²) in [5.41, 5.74) is 3.06. The van der Waals surface area contributed by atoms with Gasteiger partial charge in [0.15, 0.2) is 0 Å². The van der Waals surface area contributed by atoms with E-state index in [1.807, 2.05) is 30.6 Å². The summed E-state index contributed by atoms with van der Waals surface area (Å²) in [5.74, 6) is 1.66. The van der Waals surface area contributed by atoms with E-state index in [-0.39, 0.29) is 11.9 Å². The highest BCUT2D eigenvalue weighted by Crippen LogP contribution is 2.35. The van der Waals surface area contributed by atoms with Crippen molar-refractivity contribution >= 4 is 5.91 Å². The average Bonchev–Trinajstić information content (AvgIpc) is 3.06. The van der Waals surface area contributed by atoms with Gasteiger partial charge in [-0.05, 0) is 55.0 Å². The number of amides is 1. The molecule has 1 aromatic heterocycles. The molecule has 6 nitrogen and oxygen atoms in total. The minimum atomic E-state index is 0.0168. The topological polar surface area (TPSA) is 54.9 Å². The molecule has 2 aliphatic rings. The van der Waals surface area contributed by atoms with E-state index < -0.39 is 0 Å². The molecule has 0 saturated carbocycles. The first-order chi connectivity index (χ1) is 14.6. The highest BCUT2D eigenvalue weighted by atomic mass is 16.5. The number of carbonyl (C=O) groups is 1. The Morgan fingerprint density at radius 1 is 1.13 bits per heavy atom. The molecule has 4 rings (SSSR count). The molecule has 0 radical (unpaired) electrons. The molecule has 2 aromatic rings. The molecule has 2 aliphatic heterocycles. The number of methoxy groups -OCH3 is 2. The lowest BCUT2D eigenvalue weighted by molar-refractivity contribution is 0.0656. The summed E-state index contributed by atoms with van der Waals surface area (Å²) in [7, 11) is 3.20. The maximum absolute atomic E-state index is 13.7. The average molecular weight is 410 g/mol. The third-order valence-corrected chi connectivity index (χ3v) is 6.54. The molecule has 2 atom stereocenters. The van der Waals surface area contributed by atoms with Crippen LogP contribution in [0.3, 0.4) is 0 Å². The summed E-state index contributed by atoms with van der Waals surface area (Å²) in [6.45, 7) is 5.72. The van der Waals surface area contributed by atoms with Crippen molar-refractivity contribution in [1.82, 2.24) is 14.8 Å². The van der Waals surface area contributed by atoms with Gasteiger partial charge < -0.3 is 14.4 Å². The lowest BCUT2D eigenvalue weighted by atomic mass is 9.98. The summed E-state index contributed by atoms with van der Waals surface area (Å²) < 4.78 is 11.0. The number of nitrogens with zero attached hydrogens (tertiary/aromatic N) is 3. The second-order valence-corrected chi connectivity index (χ2v) is 8.36. The van der Waals surface area contributed by atoms with Gasteiger partial charge in [-0.25, -0.2) is 0 Å². The summed E-state index contributed by atoms with van der Waals surface area (Å²) in [4.78, 5) is 22.5. The summed E-state index contributed by atoms with van der Waals surface area (Å²) in [6, 6.07) is 7.84. The fourth-order valence-electron chi connectivity index (χ4n) is 4.94. The number of carbonyl (C=O) groups excluding carboxylic acids is 1. The van der Waals surface area contributed by atoms with E-state index >= 15 is 0 Å². The standard InChI is InChI=1S/C24H31N3O3/c1-17-13-25-11-10-18(17)14-26-15-19-7-4-5-12-27(20(19)16-26)24(28)23-21(29-2)8-6-9-22(23)30-3/h6,8-11,13,19-20H,4-5,7,12,14-16H2,1-3H3/t19-,20+/m0/s1. The third-order valence-electron chi connectivity index (χ3n) is 6.54. The van der Waals surface area contributed by atoms with Gasteiger partial charge in [-0.2, -0.15) is 0 Å². The van der Waals surface area contributed by atoms with E-state index in [9.17, 15) is 4.79 Å². The van der Waals surface area contributed by atoms with Crippen LogP contribution in [0.4, 0.5) is 0 Å². The number of hydrogen-bond donors (Lipinski definition) is 0. The number of fused-ring (bicyclic) bond motifs is 1. The highest BCUT2D eigenvalue weighted by molar-refractivity contribution is 6.00. The molecule has 0 N–H and O–H groups in total. The Hall–Kier alpha value is -2.60. The summed E-state index contributed by atoms with van der Waals surface area (Å²) >= 11 is 0. The lowest BCUT2D eigenvalue weighted by Gasteiger charge is -2.31. The zero-order valence-electron chi connectivity index (χ0n) is 18.1. The van der Waals surface area contributed by atoms with Crippen LogP contribution in [0.1, 0.15) is 40.7 Å². The second kappa shape index (κ2) is 9.04. The molecule has 1 aromatic carbocycles. The zero-order chi connectivity index (χ0) is 21.1. The van der Waals surface area contributed by atoms with E-state index in [0.717, 1.165) is 39.0 Å². The fraction of sp³-hybridized carbons (Fsp3) is 0.500. The summed E-state index contributed by atoms with van der Waals surface area (Å²) in [6.07, 6.45) is 7.16. The summed E-state index contributed by atoms with van der Waals surface area (Å²) in [5, 5.41) is 0. The molecule has 6 heteroatoms. The molecule has 1 amide bonds. The van der Waals surface area contributed by atoms with Crippen molar-refractivity contribution in [3.63, 3.8) is 0 Å². The Labute approximate surface area is 178 Å². The Balaban J connectivity index is 1.58. The predicted molar refractivity (Wildman–Crippen MR) is 116 cm³/mol. The van der Waals surface area contributed by atoms with Crippen LogP contribution in [0.5, 0.6) is 11.5 Å². The molecule has 3 heterocycles. The molecule has 0 aliphatic carbocycles. The maximum Gasteiger partial charge on any atom is 0.261 e. The normalized spacial score (nSPS) is 21.8. The zero-order valence-corrected chi connectivity index (χ0v) is 18.1. The first kappa shape index (κ1) is 20.7. The Kier molecular flexibility index (Phi) is 6.23. The number of ether oxygens (including phenoxy) is 2. The van der Waals surface area contributed by atoms with Crippen LogP contribution in [-0.4, -0.2) is 60.6 Å². The Bertz CT molecular complexity index is 879. The van der Waals surface area contributed by atoms with E-state index in [4.69, 9.17) is 9.47 Å². The number of aromatic nitrogens is 1. The van der Waals surface area contributed by atoms with E-state index in [2.05, 4.69) is 27.8 Å². The minimum absolute atomic E-state index is 0.0168. The SMILES string of the molecule is COc1cccc(OC)c1C(=O)N1CCCC[C@H]2CN(Cc3ccncc3C)C[C@H]21. The van der Waals surface area contributed by atoms with Gasteiger partial charge in [0.1, 0.15) is 17.1 Å². The number of likely N-dealkylation sites (tertiary alicyclic amines) is 2. The van der Waals surface area contributed by atoms with E-state index in [0.29, 0.717) is 23.0 Å². The van der Waals surface area contributed by atoms with Gasteiger partial charge in [-0.1, -0.05) is 12.5 Å². The van der Waals surface area contributed by atoms with Crippen LogP contribution < -0.4 is 9.47 Å². The van der Waals surface area contributed by atoms with Gasteiger partial charge in [-0.15, -0.1) is 0 Å². The first-order valence-electron chi connectivity index (χ1n) is 10.8. The lowest BCUT2D eigenvalue weighted by Crippen LogP contribution is -2.44. The van der Waals surface area contributed by atoms with Gasteiger partial charge in [0.25, 0.3) is 5.91 Å². The van der Waals surface area contributed by atoms with Crippen LogP contribution in [0.2, 0.25) is 0 Å². The smallest absolute Gasteiger partial charge is 0.261 e. The van der Waals surface area contributed by atoms with Crippen molar-refractivity contribution in [3.8, 4) is 11.5 Å². The van der Waals surface area contributed by atoms with Crippen LogP contribution in [-0.2, 0) is 6.54 Å². The van der Waals surface area contributed by atoms with Crippen molar-refractivity contribution in [2.75, 3.05) is 33.9 Å². The Morgan fingerprint density at radius 2 is 1.90 bits per heavy atom. The molecule has 2 saturated heterocycles. The number of pyridine rings is 1. The quantitative estimate of drug-likeness (QED) is 0.756. The van der Waals surface area contributed by atoms with E-state index in [1.54, 1.807) is 14.2 Å². The maximum atomic E-state index is 13.7. The van der Waals surface area contributed by atoms with Gasteiger partial charge in [0.2, 0.25) is 0 Å². The number of hydrogen-bond acceptors (Lipinski definition) is 5. The van der Waals surface area contributed by atoms with E-state index in [1.165, 1.54) is 17.5 Å². The van der Waals surface area contributed by atoms with Gasteiger partial charge in [-0.3, -0.25) is 14.7 Å². The van der Waals surface area contributed by atoms with Crippen molar-refractivity contribution in [2.24, 2.45) is 5.92 Å². The second-order valence-electron chi connectivity index (χ2n) is 8.36. The molecule has 2 fully saturated rings. The van der Waals surface area contributed by atoms with Crippen molar-refractivity contribution in [3.05, 3.63) is 53.3 Å². The Morgan fingerprint density at radius 3 is 2.60 bits per heavy atom. The van der Waals surface area contributed by atoms with Crippen molar-refractivity contribution in [2.45, 2.75) is 38.8 Å². The van der Waals surface area contributed by atoms with Crippen LogP contribution in [0.15, 0.2) is 36.7 Å². The van der Waals surface area contributed by atoms with Gasteiger partial charge >= 0.3 is 0 Å². The molecule has 160 valence electrons. The van der Waals surface area contributed by atoms with Crippen molar-refractivity contribution < 1.29 is 14.3 Å². The minimum Gasteiger partial charge on any atom is -0.496 e. The van der Waals surface area contributed by atoms with Crippen molar-refractivity contribution in [1.29, 1.82) is 0 Å². The van der Waals surface area contributed by atoms with Crippen LogP contribution >= 0.6 is 0 Å². The first-order valence-corrected chi connectivity index (χ1v) is 10.8. The molecule has 0 bridgehead atoms. The third kappa shape index (κ3) is 4.01. The molecular formula is C24H31N3O3. The van der Waals surface area contributed by atoms with Gasteiger partial charge in [0, 0.05) is 44.6 Å². The largest absolute Gasteiger partial charge is 0.496 e. The molecule has 30 heavy (non-hydrogen) atoms. The number of aryl methyl sites for hydroxylation is 1. The molecular weight excluding hydrogens is 378 g/mol. The molecule has 0 unspecified atom stereocenters. The fourth-order valence-corrected chi connectivity index (χ4v) is 4.94.